The van der Waals surface area contributed by atoms with Crippen LogP contribution in [0, 0.1) is 10.1 Å². The van der Waals surface area contributed by atoms with Crippen LogP contribution in [0.3, 0.4) is 0 Å². The maximum absolute atomic E-state index is 10.5. The maximum atomic E-state index is 10.5. The Morgan fingerprint density at radius 2 is 2.32 bits per heavy atom. The van der Waals surface area contributed by atoms with E-state index in [4.69, 9.17) is 4.74 Å². The Kier molecular flexibility index (Phi) is 8.00. The van der Waals surface area contributed by atoms with Gasteiger partial charge < -0.3 is 15.0 Å². The second kappa shape index (κ2) is 9.50. The molecule has 22 heavy (non-hydrogen) atoms. The van der Waals surface area contributed by atoms with Crippen molar-refractivity contribution in [1.82, 2.24) is 10.2 Å². The molecule has 1 heterocycles. The number of thiophene rings is 1. The van der Waals surface area contributed by atoms with Crippen LogP contribution in [0.25, 0.3) is 0 Å². The van der Waals surface area contributed by atoms with Crippen LogP contribution >= 0.6 is 11.3 Å². The molecule has 0 radical (unpaired) electrons. The molecule has 1 unspecified atom stereocenters. The fraction of sp³-hybridized carbons (Fsp3) is 0.643. The Labute approximate surface area is 135 Å². The van der Waals surface area contributed by atoms with Crippen molar-refractivity contribution < 1.29 is 9.66 Å². The number of nitrogens with one attached hydrogen (secondary N) is 1. The summed E-state index contributed by atoms with van der Waals surface area (Å²) < 4.78 is 5.75. The monoisotopic (exact) mass is 328 g/mol. The summed E-state index contributed by atoms with van der Waals surface area (Å²) in [4.78, 5) is 17.3. The summed E-state index contributed by atoms with van der Waals surface area (Å²) in [6.45, 7) is 3.61. The van der Waals surface area contributed by atoms with Gasteiger partial charge in [-0.15, -0.1) is 11.3 Å². The average molecular weight is 328 g/mol. The molecule has 0 amide bonds. The van der Waals surface area contributed by atoms with Gasteiger partial charge in [0, 0.05) is 29.9 Å². The molecule has 0 aliphatic carbocycles. The Morgan fingerprint density at radius 1 is 1.59 bits per heavy atom. The number of aliphatic imine (C=N–C) groups is 1. The molecule has 124 valence electrons. The molecule has 1 N–H and O–H groups in total. The summed E-state index contributed by atoms with van der Waals surface area (Å²) in [6, 6.07) is 2.15. The van der Waals surface area contributed by atoms with Crippen LogP contribution in [-0.2, 0) is 17.9 Å². The summed E-state index contributed by atoms with van der Waals surface area (Å²) in [5, 5.41) is 15.5. The van der Waals surface area contributed by atoms with Gasteiger partial charge in [0.25, 0.3) is 6.54 Å². The highest BCUT2D eigenvalue weighted by molar-refractivity contribution is 7.10. The van der Waals surface area contributed by atoms with Crippen LogP contribution < -0.4 is 5.32 Å². The lowest BCUT2D eigenvalue weighted by Gasteiger charge is -2.14. The van der Waals surface area contributed by atoms with E-state index in [9.17, 15) is 10.1 Å². The number of ether oxygens (including phenoxy) is 1. The molecule has 0 fully saturated rings. The van der Waals surface area contributed by atoms with E-state index in [-0.39, 0.29) is 12.6 Å². The topological polar surface area (TPSA) is 80.0 Å². The highest BCUT2D eigenvalue weighted by Gasteiger charge is 2.09. The lowest BCUT2D eigenvalue weighted by atomic mass is 10.3. The Morgan fingerprint density at radius 3 is 2.91 bits per heavy atom. The first-order valence-corrected chi connectivity index (χ1v) is 7.92. The predicted octanol–water partition coefficient (Wildman–Crippen LogP) is 1.61. The summed E-state index contributed by atoms with van der Waals surface area (Å²) in [5.41, 5.74) is 1.16. The van der Waals surface area contributed by atoms with E-state index in [0.29, 0.717) is 19.0 Å². The zero-order valence-corrected chi connectivity index (χ0v) is 14.4. The van der Waals surface area contributed by atoms with Crippen LogP contribution in [0.2, 0.25) is 0 Å². The molecule has 0 saturated carbocycles. The molecule has 0 aromatic carbocycles. The zero-order chi connectivity index (χ0) is 16.5. The quantitative estimate of drug-likeness (QED) is 0.322. The van der Waals surface area contributed by atoms with E-state index < -0.39 is 4.92 Å². The Hall–Kier alpha value is -1.51. The smallest absolute Gasteiger partial charge is 0.259 e. The highest BCUT2D eigenvalue weighted by atomic mass is 32.1. The number of amidine groups is 1. The van der Waals surface area contributed by atoms with E-state index in [0.717, 1.165) is 12.1 Å². The van der Waals surface area contributed by atoms with Crippen molar-refractivity contribution in [2.24, 2.45) is 4.99 Å². The fourth-order valence-electron chi connectivity index (χ4n) is 1.78. The second-order valence-electron chi connectivity index (χ2n) is 5.32. The van der Waals surface area contributed by atoms with Crippen LogP contribution in [-0.4, -0.2) is 56.0 Å². The van der Waals surface area contributed by atoms with Crippen LogP contribution in [0.4, 0.5) is 0 Å². The first kappa shape index (κ1) is 18.5. The minimum atomic E-state index is -0.404. The third kappa shape index (κ3) is 7.48. The molecule has 1 atom stereocenters. The SMILES string of the molecule is CN=C(C[N+](=O)[O-])NCC(C)OCc1csc(CN(C)C)c1. The molecule has 0 bridgehead atoms. The molecule has 8 heteroatoms. The molecule has 1 aromatic rings. The number of nitrogens with zero attached hydrogens (tertiary/aromatic N) is 3. The Balaban J connectivity index is 2.32. The molecule has 0 saturated heterocycles. The third-order valence-corrected chi connectivity index (χ3v) is 3.83. The molecule has 0 spiro atoms. The van der Waals surface area contributed by atoms with Crippen molar-refractivity contribution in [2.75, 3.05) is 34.2 Å². The lowest BCUT2D eigenvalue weighted by molar-refractivity contribution is -0.463. The molecular weight excluding hydrogens is 304 g/mol. The van der Waals surface area contributed by atoms with E-state index in [1.165, 1.54) is 11.9 Å². The van der Waals surface area contributed by atoms with Gasteiger partial charge in [-0.05, 0) is 38.0 Å². The normalized spacial score (nSPS) is 13.4. The van der Waals surface area contributed by atoms with Crippen molar-refractivity contribution in [1.29, 1.82) is 0 Å². The maximum Gasteiger partial charge on any atom is 0.259 e. The van der Waals surface area contributed by atoms with Gasteiger partial charge in [-0.3, -0.25) is 15.1 Å². The second-order valence-corrected chi connectivity index (χ2v) is 6.32. The molecular formula is C14H24N4O3S. The van der Waals surface area contributed by atoms with Gasteiger partial charge in [0.1, 0.15) is 0 Å². The molecule has 1 aromatic heterocycles. The summed E-state index contributed by atoms with van der Waals surface area (Å²) in [5.74, 6) is 0.365. The van der Waals surface area contributed by atoms with Crippen molar-refractivity contribution in [2.45, 2.75) is 26.2 Å². The van der Waals surface area contributed by atoms with Gasteiger partial charge in [0.05, 0.1) is 12.7 Å². The summed E-state index contributed by atoms with van der Waals surface area (Å²) >= 11 is 1.73. The van der Waals surface area contributed by atoms with Crippen molar-refractivity contribution in [3.05, 3.63) is 32.0 Å². The van der Waals surface area contributed by atoms with Crippen molar-refractivity contribution >= 4 is 17.2 Å². The predicted molar refractivity (Wildman–Crippen MR) is 89.2 cm³/mol. The first-order valence-electron chi connectivity index (χ1n) is 7.04. The number of nitro groups is 1. The van der Waals surface area contributed by atoms with Crippen LogP contribution in [0.5, 0.6) is 0 Å². The van der Waals surface area contributed by atoms with E-state index in [1.54, 1.807) is 11.3 Å². The van der Waals surface area contributed by atoms with E-state index >= 15 is 0 Å². The highest BCUT2D eigenvalue weighted by Crippen LogP contribution is 2.17. The number of hydrogen-bond donors (Lipinski definition) is 1. The van der Waals surface area contributed by atoms with Crippen LogP contribution in [0.1, 0.15) is 17.4 Å². The van der Waals surface area contributed by atoms with E-state index in [1.807, 2.05) is 21.0 Å². The largest absolute Gasteiger partial charge is 0.372 e. The van der Waals surface area contributed by atoms with Gasteiger partial charge in [0.15, 0.2) is 5.84 Å². The average Bonchev–Trinajstić information content (AvgIpc) is 2.87. The van der Waals surface area contributed by atoms with Gasteiger partial charge in [-0.2, -0.15) is 0 Å². The summed E-state index contributed by atoms with van der Waals surface area (Å²) in [7, 11) is 5.62. The number of rotatable bonds is 9. The summed E-state index contributed by atoms with van der Waals surface area (Å²) in [6.07, 6.45) is -0.0549. The first-order chi connectivity index (χ1) is 10.4. The standard InChI is InChI=1S/C14H24N4O3S/c1-11(6-16-14(15-2)8-18(19)20)21-9-12-5-13(22-10-12)7-17(3)4/h5,10-11H,6-9H2,1-4H3,(H,15,16). The fourth-order valence-corrected chi connectivity index (χ4v) is 2.77. The minimum Gasteiger partial charge on any atom is -0.372 e. The molecule has 0 aliphatic rings. The zero-order valence-electron chi connectivity index (χ0n) is 13.5. The van der Waals surface area contributed by atoms with Gasteiger partial charge in [0.2, 0.25) is 0 Å². The van der Waals surface area contributed by atoms with Crippen LogP contribution in [0.15, 0.2) is 16.4 Å². The van der Waals surface area contributed by atoms with Gasteiger partial charge >= 0.3 is 0 Å². The minimum absolute atomic E-state index is 0.0549. The third-order valence-electron chi connectivity index (χ3n) is 2.86. The van der Waals surface area contributed by atoms with Gasteiger partial charge in [-0.25, -0.2) is 0 Å². The Bertz CT molecular complexity index is 502. The van der Waals surface area contributed by atoms with E-state index in [2.05, 4.69) is 26.7 Å². The molecule has 7 nitrogen and oxygen atoms in total. The molecule has 1 rings (SSSR count). The van der Waals surface area contributed by atoms with Crippen molar-refractivity contribution in [3.8, 4) is 0 Å². The van der Waals surface area contributed by atoms with Gasteiger partial charge in [-0.1, -0.05) is 0 Å². The lowest BCUT2D eigenvalue weighted by Crippen LogP contribution is -2.36. The number of hydrogen-bond acceptors (Lipinski definition) is 6. The van der Waals surface area contributed by atoms with Crippen molar-refractivity contribution in [3.63, 3.8) is 0 Å². The molecule has 0 aliphatic heterocycles.